The van der Waals surface area contributed by atoms with E-state index in [4.69, 9.17) is 5.26 Å². The van der Waals surface area contributed by atoms with Gasteiger partial charge in [-0.3, -0.25) is 4.79 Å². The molecule has 0 N–H and O–H groups in total. The van der Waals surface area contributed by atoms with Crippen molar-refractivity contribution in [1.29, 1.82) is 5.26 Å². The molecule has 1 heterocycles. The van der Waals surface area contributed by atoms with Gasteiger partial charge in [-0.25, -0.2) is 0 Å². The van der Waals surface area contributed by atoms with Crippen molar-refractivity contribution in [3.05, 3.63) is 58.9 Å². The van der Waals surface area contributed by atoms with Gasteiger partial charge >= 0.3 is 0 Å². The fourth-order valence-electron chi connectivity index (χ4n) is 3.09. The summed E-state index contributed by atoms with van der Waals surface area (Å²) in [6.07, 6.45) is 3.52. The zero-order valence-corrected chi connectivity index (χ0v) is 12.4. The van der Waals surface area contributed by atoms with Crippen LogP contribution in [0.5, 0.6) is 0 Å². The molecule has 0 aliphatic heterocycles. The Balaban J connectivity index is 1.95. The Bertz CT molecular complexity index is 747. The quantitative estimate of drug-likeness (QED) is 0.843. The minimum absolute atomic E-state index is 0.0225. The third-order valence-electron chi connectivity index (χ3n) is 4.07. The maximum absolute atomic E-state index is 12.2. The predicted octanol–water partition coefficient (Wildman–Crippen LogP) is 3.56. The Morgan fingerprint density at radius 3 is 2.86 bits per heavy atom. The summed E-state index contributed by atoms with van der Waals surface area (Å²) in [5, 5.41) is 8.98. The highest BCUT2D eigenvalue weighted by atomic mass is 16.1. The summed E-state index contributed by atoms with van der Waals surface area (Å²) in [5.74, 6) is 0.241. The highest BCUT2D eigenvalue weighted by Gasteiger charge is 2.32. The molecular formula is C18H18N2O. The summed E-state index contributed by atoms with van der Waals surface area (Å²) in [7, 11) is 0. The molecule has 0 unspecified atom stereocenters. The molecule has 0 atom stereocenters. The fourth-order valence-corrected chi connectivity index (χ4v) is 3.09. The van der Waals surface area contributed by atoms with Gasteiger partial charge in [0.05, 0.1) is 11.6 Å². The highest BCUT2D eigenvalue weighted by Crippen LogP contribution is 2.35. The molecule has 106 valence electrons. The molecule has 0 radical (unpaired) electrons. The van der Waals surface area contributed by atoms with Crippen molar-refractivity contribution < 1.29 is 4.79 Å². The Hall–Kier alpha value is -2.34. The number of Topliss-reactive ketones (excluding diaryl/α,β-unsaturated/α-hetero) is 1. The monoisotopic (exact) mass is 278 g/mol. The Kier molecular flexibility index (Phi) is 3.17. The van der Waals surface area contributed by atoms with Crippen LogP contribution in [0.25, 0.3) is 0 Å². The van der Waals surface area contributed by atoms with E-state index < -0.39 is 0 Å². The zero-order valence-electron chi connectivity index (χ0n) is 12.4. The van der Waals surface area contributed by atoms with Gasteiger partial charge in [0.1, 0.15) is 0 Å². The molecule has 0 saturated heterocycles. The molecule has 21 heavy (non-hydrogen) atoms. The number of nitriles is 1. The molecule has 1 aromatic carbocycles. The maximum atomic E-state index is 12.2. The third-order valence-corrected chi connectivity index (χ3v) is 4.07. The van der Waals surface area contributed by atoms with Crippen LogP contribution in [0.3, 0.4) is 0 Å². The summed E-state index contributed by atoms with van der Waals surface area (Å²) < 4.78 is 2.14. The number of hydrogen-bond acceptors (Lipinski definition) is 2. The number of carbonyl (C=O) groups excluding carboxylic acids is 1. The van der Waals surface area contributed by atoms with E-state index in [9.17, 15) is 4.79 Å². The fraction of sp³-hybridized carbons (Fsp3) is 0.333. The highest BCUT2D eigenvalue weighted by molar-refractivity contribution is 5.98. The van der Waals surface area contributed by atoms with E-state index in [1.54, 1.807) is 6.07 Å². The normalized spacial score (nSPS) is 16.3. The van der Waals surface area contributed by atoms with E-state index in [1.165, 1.54) is 0 Å². The smallest absolute Gasteiger partial charge is 0.165 e. The van der Waals surface area contributed by atoms with Crippen LogP contribution in [0.2, 0.25) is 0 Å². The first kappa shape index (κ1) is 13.6. The Labute approximate surface area is 124 Å². The predicted molar refractivity (Wildman–Crippen MR) is 81.1 cm³/mol. The summed E-state index contributed by atoms with van der Waals surface area (Å²) >= 11 is 0. The van der Waals surface area contributed by atoms with Gasteiger partial charge in [-0.2, -0.15) is 5.26 Å². The van der Waals surface area contributed by atoms with Crippen LogP contribution >= 0.6 is 0 Å². The summed E-state index contributed by atoms with van der Waals surface area (Å²) in [6.45, 7) is 4.98. The SMILES string of the molecule is CC1(C)CC(=O)c2ccn(Cc3cccc(C#N)c3)c2C1. The number of hydrogen-bond donors (Lipinski definition) is 0. The molecule has 0 bridgehead atoms. The van der Waals surface area contributed by atoms with Crippen LogP contribution in [-0.2, 0) is 13.0 Å². The number of ketones is 1. The Morgan fingerprint density at radius 1 is 1.29 bits per heavy atom. The van der Waals surface area contributed by atoms with Crippen molar-refractivity contribution in [2.75, 3.05) is 0 Å². The van der Waals surface area contributed by atoms with E-state index in [0.717, 1.165) is 23.2 Å². The van der Waals surface area contributed by atoms with Crippen LogP contribution in [0.15, 0.2) is 36.5 Å². The van der Waals surface area contributed by atoms with Gasteiger partial charge in [-0.15, -0.1) is 0 Å². The number of aromatic nitrogens is 1. The maximum Gasteiger partial charge on any atom is 0.165 e. The van der Waals surface area contributed by atoms with Crippen LogP contribution in [-0.4, -0.2) is 10.4 Å². The molecule has 1 aliphatic rings. The van der Waals surface area contributed by atoms with E-state index in [-0.39, 0.29) is 11.2 Å². The van der Waals surface area contributed by atoms with Gasteiger partial charge in [0, 0.05) is 30.4 Å². The zero-order chi connectivity index (χ0) is 15.0. The van der Waals surface area contributed by atoms with Gasteiger partial charge in [-0.1, -0.05) is 26.0 Å². The van der Waals surface area contributed by atoms with Crippen molar-refractivity contribution in [1.82, 2.24) is 4.57 Å². The molecule has 3 heteroatoms. The van der Waals surface area contributed by atoms with Gasteiger partial charge in [0.15, 0.2) is 5.78 Å². The van der Waals surface area contributed by atoms with Gasteiger partial charge in [0.2, 0.25) is 0 Å². The van der Waals surface area contributed by atoms with E-state index in [2.05, 4.69) is 24.5 Å². The van der Waals surface area contributed by atoms with Crippen molar-refractivity contribution in [3.63, 3.8) is 0 Å². The molecule has 3 nitrogen and oxygen atoms in total. The van der Waals surface area contributed by atoms with E-state index in [1.807, 2.05) is 30.5 Å². The van der Waals surface area contributed by atoms with Crippen LogP contribution in [0.1, 0.15) is 47.4 Å². The second-order valence-electron chi connectivity index (χ2n) is 6.56. The molecule has 0 amide bonds. The van der Waals surface area contributed by atoms with E-state index >= 15 is 0 Å². The number of nitrogens with zero attached hydrogens (tertiary/aromatic N) is 2. The lowest BCUT2D eigenvalue weighted by molar-refractivity contribution is 0.0910. The molecular weight excluding hydrogens is 260 g/mol. The first-order valence-corrected chi connectivity index (χ1v) is 7.19. The Morgan fingerprint density at radius 2 is 2.10 bits per heavy atom. The molecule has 1 aromatic heterocycles. The molecule has 0 fully saturated rings. The number of rotatable bonds is 2. The first-order chi connectivity index (χ1) is 9.98. The average Bonchev–Trinajstić information content (AvgIpc) is 2.81. The van der Waals surface area contributed by atoms with Crippen LogP contribution < -0.4 is 0 Å². The lowest BCUT2D eigenvalue weighted by Gasteiger charge is -2.29. The lowest BCUT2D eigenvalue weighted by atomic mass is 9.76. The molecule has 0 spiro atoms. The number of carbonyl (C=O) groups is 1. The second-order valence-corrected chi connectivity index (χ2v) is 6.56. The van der Waals surface area contributed by atoms with Crippen molar-refractivity contribution >= 4 is 5.78 Å². The number of benzene rings is 1. The lowest BCUT2D eigenvalue weighted by Crippen LogP contribution is -2.28. The molecule has 3 rings (SSSR count). The van der Waals surface area contributed by atoms with Crippen molar-refractivity contribution in [3.8, 4) is 6.07 Å². The van der Waals surface area contributed by atoms with Crippen LogP contribution in [0.4, 0.5) is 0 Å². The summed E-state index contributed by atoms with van der Waals surface area (Å²) in [5.41, 5.74) is 3.77. The van der Waals surface area contributed by atoms with Gasteiger partial charge in [0.25, 0.3) is 0 Å². The summed E-state index contributed by atoms with van der Waals surface area (Å²) in [6, 6.07) is 11.7. The van der Waals surface area contributed by atoms with Gasteiger partial charge < -0.3 is 4.57 Å². The molecule has 0 saturated carbocycles. The standard InChI is InChI=1S/C18H18N2O/c1-18(2)9-16-15(17(21)10-18)6-7-20(16)12-14-5-3-4-13(8-14)11-19/h3-8H,9-10,12H2,1-2H3. The van der Waals surface area contributed by atoms with Crippen molar-refractivity contribution in [2.24, 2.45) is 5.41 Å². The topological polar surface area (TPSA) is 45.8 Å². The average molecular weight is 278 g/mol. The van der Waals surface area contributed by atoms with Crippen LogP contribution in [0, 0.1) is 16.7 Å². The third kappa shape index (κ3) is 2.62. The first-order valence-electron chi connectivity index (χ1n) is 7.19. The second kappa shape index (κ2) is 4.89. The minimum Gasteiger partial charge on any atom is -0.346 e. The molecule has 1 aliphatic carbocycles. The summed E-state index contributed by atoms with van der Waals surface area (Å²) in [4.78, 5) is 12.2. The van der Waals surface area contributed by atoms with Gasteiger partial charge in [-0.05, 0) is 35.6 Å². The van der Waals surface area contributed by atoms with Crippen molar-refractivity contribution in [2.45, 2.75) is 33.2 Å². The minimum atomic E-state index is 0.0225. The van der Waals surface area contributed by atoms with E-state index in [0.29, 0.717) is 18.5 Å². The number of fused-ring (bicyclic) bond motifs is 1. The largest absolute Gasteiger partial charge is 0.346 e. The molecule has 2 aromatic rings.